The molecule has 6 heteroatoms. The molecular formula is C11H11N5S. The zero-order valence-corrected chi connectivity index (χ0v) is 10.0. The molecule has 0 amide bonds. The topological polar surface area (TPSA) is 88.5 Å². The molecule has 0 fully saturated rings. The van der Waals surface area contributed by atoms with Crippen LogP contribution in [-0.2, 0) is 0 Å². The van der Waals surface area contributed by atoms with Crippen LogP contribution in [0.25, 0.3) is 0 Å². The van der Waals surface area contributed by atoms with Crippen molar-refractivity contribution >= 4 is 17.6 Å². The maximum atomic E-state index is 7.44. The summed E-state index contributed by atoms with van der Waals surface area (Å²) in [6.07, 6.45) is 5.11. The van der Waals surface area contributed by atoms with Gasteiger partial charge in [-0.2, -0.15) is 0 Å². The van der Waals surface area contributed by atoms with Gasteiger partial charge in [0.2, 0.25) is 0 Å². The predicted molar refractivity (Wildman–Crippen MR) is 66.1 cm³/mol. The van der Waals surface area contributed by atoms with Crippen LogP contribution in [0.2, 0.25) is 0 Å². The molecule has 0 spiro atoms. The number of rotatable bonds is 3. The van der Waals surface area contributed by atoms with E-state index in [2.05, 4.69) is 15.0 Å². The van der Waals surface area contributed by atoms with E-state index in [-0.39, 0.29) is 5.84 Å². The molecule has 0 unspecified atom stereocenters. The van der Waals surface area contributed by atoms with Crippen LogP contribution in [0.3, 0.4) is 0 Å². The third-order valence-corrected chi connectivity index (χ3v) is 2.93. The molecule has 0 aromatic carbocycles. The molecule has 0 saturated heterocycles. The first kappa shape index (κ1) is 11.5. The third kappa shape index (κ3) is 2.79. The number of nitrogen functional groups attached to an aromatic ring is 1. The Morgan fingerprint density at radius 2 is 2.00 bits per heavy atom. The van der Waals surface area contributed by atoms with Gasteiger partial charge in [0, 0.05) is 23.5 Å². The Hall–Kier alpha value is -1.95. The van der Waals surface area contributed by atoms with Gasteiger partial charge in [0.05, 0.1) is 0 Å². The number of pyridine rings is 1. The second-order valence-electron chi connectivity index (χ2n) is 3.41. The SMILES string of the molecule is Cc1cnc(Sc2cccnc2C(=N)N)nc1. The fraction of sp³-hybridized carbons (Fsp3) is 0.0909. The molecule has 3 N–H and O–H groups in total. The second-order valence-corrected chi connectivity index (χ2v) is 4.42. The monoisotopic (exact) mass is 245 g/mol. The van der Waals surface area contributed by atoms with E-state index in [4.69, 9.17) is 11.1 Å². The Bertz CT molecular complexity index is 538. The van der Waals surface area contributed by atoms with Crippen molar-refractivity contribution < 1.29 is 0 Å². The zero-order chi connectivity index (χ0) is 12.3. The van der Waals surface area contributed by atoms with E-state index >= 15 is 0 Å². The molecule has 17 heavy (non-hydrogen) atoms. The zero-order valence-electron chi connectivity index (χ0n) is 9.21. The number of hydrogen-bond donors (Lipinski definition) is 2. The van der Waals surface area contributed by atoms with Crippen molar-refractivity contribution in [2.75, 3.05) is 0 Å². The molecule has 2 aromatic rings. The number of hydrogen-bond acceptors (Lipinski definition) is 5. The van der Waals surface area contributed by atoms with E-state index in [9.17, 15) is 0 Å². The molecule has 0 saturated carbocycles. The van der Waals surface area contributed by atoms with Crippen molar-refractivity contribution in [3.63, 3.8) is 0 Å². The first-order valence-electron chi connectivity index (χ1n) is 4.93. The highest BCUT2D eigenvalue weighted by molar-refractivity contribution is 7.99. The van der Waals surface area contributed by atoms with Gasteiger partial charge in [0.1, 0.15) is 11.5 Å². The summed E-state index contributed by atoms with van der Waals surface area (Å²) >= 11 is 1.35. The van der Waals surface area contributed by atoms with Gasteiger partial charge in [-0.15, -0.1) is 0 Å². The summed E-state index contributed by atoms with van der Waals surface area (Å²) in [5.74, 6) is -0.0554. The smallest absolute Gasteiger partial charge is 0.192 e. The number of amidine groups is 1. The number of nitrogens with two attached hydrogens (primary N) is 1. The van der Waals surface area contributed by atoms with E-state index in [1.165, 1.54) is 11.8 Å². The molecule has 0 radical (unpaired) electrons. The normalized spacial score (nSPS) is 10.2. The summed E-state index contributed by atoms with van der Waals surface area (Å²) in [7, 11) is 0. The van der Waals surface area contributed by atoms with Gasteiger partial charge in [0.25, 0.3) is 0 Å². The largest absolute Gasteiger partial charge is 0.382 e. The van der Waals surface area contributed by atoms with Crippen LogP contribution in [0.5, 0.6) is 0 Å². The van der Waals surface area contributed by atoms with Gasteiger partial charge < -0.3 is 5.73 Å². The molecule has 0 aliphatic rings. The van der Waals surface area contributed by atoms with E-state index in [0.29, 0.717) is 10.9 Å². The summed E-state index contributed by atoms with van der Waals surface area (Å²) in [4.78, 5) is 13.2. The third-order valence-electron chi connectivity index (χ3n) is 1.98. The van der Waals surface area contributed by atoms with Gasteiger partial charge in [-0.3, -0.25) is 10.4 Å². The molecule has 0 bridgehead atoms. The van der Waals surface area contributed by atoms with Crippen LogP contribution in [0, 0.1) is 12.3 Å². The van der Waals surface area contributed by atoms with Gasteiger partial charge in [0.15, 0.2) is 5.16 Å². The van der Waals surface area contributed by atoms with E-state index in [0.717, 1.165) is 10.5 Å². The van der Waals surface area contributed by atoms with Crippen molar-refractivity contribution in [3.05, 3.63) is 42.0 Å². The summed E-state index contributed by atoms with van der Waals surface area (Å²) in [6, 6.07) is 3.64. The van der Waals surface area contributed by atoms with Crippen molar-refractivity contribution in [2.24, 2.45) is 5.73 Å². The van der Waals surface area contributed by atoms with Crippen molar-refractivity contribution in [3.8, 4) is 0 Å². The van der Waals surface area contributed by atoms with Crippen molar-refractivity contribution in [1.82, 2.24) is 15.0 Å². The first-order valence-corrected chi connectivity index (χ1v) is 5.74. The molecule has 5 nitrogen and oxygen atoms in total. The van der Waals surface area contributed by atoms with Crippen molar-refractivity contribution in [2.45, 2.75) is 17.0 Å². The summed E-state index contributed by atoms with van der Waals surface area (Å²) < 4.78 is 0. The Morgan fingerprint density at radius 3 is 2.65 bits per heavy atom. The number of nitrogens with zero attached hydrogens (tertiary/aromatic N) is 3. The predicted octanol–water partition coefficient (Wildman–Crippen LogP) is 1.62. The highest BCUT2D eigenvalue weighted by Gasteiger charge is 2.09. The van der Waals surface area contributed by atoms with E-state index in [1.807, 2.05) is 13.0 Å². The summed E-state index contributed by atoms with van der Waals surface area (Å²) in [5.41, 5.74) is 6.93. The number of aryl methyl sites for hydroxylation is 1. The minimum Gasteiger partial charge on any atom is -0.382 e. The number of aromatic nitrogens is 3. The lowest BCUT2D eigenvalue weighted by atomic mass is 10.3. The average Bonchev–Trinajstić information content (AvgIpc) is 2.32. The van der Waals surface area contributed by atoms with E-state index in [1.54, 1.807) is 24.7 Å². The van der Waals surface area contributed by atoms with Gasteiger partial charge >= 0.3 is 0 Å². The molecule has 2 aromatic heterocycles. The molecule has 86 valence electrons. The first-order chi connectivity index (χ1) is 8.16. The standard InChI is InChI=1S/C11H11N5S/c1-7-5-15-11(16-6-7)17-8-3-2-4-14-9(8)10(12)13/h2-6H,1H3,(H3,12,13). The van der Waals surface area contributed by atoms with Crippen molar-refractivity contribution in [1.29, 1.82) is 5.41 Å². The van der Waals surface area contributed by atoms with Gasteiger partial charge in [-0.1, -0.05) is 0 Å². The van der Waals surface area contributed by atoms with Crippen LogP contribution in [0.4, 0.5) is 0 Å². The molecular weight excluding hydrogens is 234 g/mol. The minimum atomic E-state index is -0.0554. The molecule has 0 aliphatic heterocycles. The highest BCUT2D eigenvalue weighted by atomic mass is 32.2. The Morgan fingerprint density at radius 1 is 1.29 bits per heavy atom. The fourth-order valence-corrected chi connectivity index (χ4v) is 2.02. The van der Waals surface area contributed by atoms with Gasteiger partial charge in [-0.25, -0.2) is 9.97 Å². The Kier molecular flexibility index (Phi) is 3.34. The fourth-order valence-electron chi connectivity index (χ4n) is 1.21. The Labute approximate surface area is 103 Å². The maximum absolute atomic E-state index is 7.44. The summed E-state index contributed by atoms with van der Waals surface area (Å²) in [5, 5.41) is 8.05. The molecule has 0 aliphatic carbocycles. The maximum Gasteiger partial charge on any atom is 0.192 e. The van der Waals surface area contributed by atoms with Crippen LogP contribution < -0.4 is 5.73 Å². The Balaban J connectivity index is 2.30. The summed E-state index contributed by atoms with van der Waals surface area (Å²) in [6.45, 7) is 1.93. The lowest BCUT2D eigenvalue weighted by Crippen LogP contribution is -2.14. The highest BCUT2D eigenvalue weighted by Crippen LogP contribution is 2.26. The van der Waals surface area contributed by atoms with Crippen LogP contribution >= 0.6 is 11.8 Å². The minimum absolute atomic E-state index is 0.0554. The lowest BCUT2D eigenvalue weighted by Gasteiger charge is -2.05. The van der Waals surface area contributed by atoms with Crippen LogP contribution in [0.15, 0.2) is 40.8 Å². The quantitative estimate of drug-likeness (QED) is 0.487. The average molecular weight is 245 g/mol. The lowest BCUT2D eigenvalue weighted by molar-refractivity contribution is 0.948. The van der Waals surface area contributed by atoms with Crippen LogP contribution in [-0.4, -0.2) is 20.8 Å². The van der Waals surface area contributed by atoms with E-state index < -0.39 is 0 Å². The molecule has 0 atom stereocenters. The molecule has 2 rings (SSSR count). The molecule has 2 heterocycles. The van der Waals surface area contributed by atoms with Crippen LogP contribution in [0.1, 0.15) is 11.3 Å². The number of nitrogens with one attached hydrogen (secondary N) is 1. The second kappa shape index (κ2) is 4.92. The van der Waals surface area contributed by atoms with Gasteiger partial charge in [-0.05, 0) is 36.4 Å².